The van der Waals surface area contributed by atoms with Gasteiger partial charge in [0, 0.05) is 24.2 Å². The van der Waals surface area contributed by atoms with Gasteiger partial charge in [0.1, 0.15) is 0 Å². The first-order chi connectivity index (χ1) is 9.45. The molecule has 2 unspecified atom stereocenters. The van der Waals surface area contributed by atoms with E-state index >= 15 is 0 Å². The van der Waals surface area contributed by atoms with Crippen molar-refractivity contribution in [2.24, 2.45) is 0 Å². The van der Waals surface area contributed by atoms with Crippen LogP contribution >= 0.6 is 11.6 Å². The summed E-state index contributed by atoms with van der Waals surface area (Å²) < 4.78 is 5.59. The molecule has 2 rings (SSSR count). The van der Waals surface area contributed by atoms with Crippen LogP contribution in [0, 0.1) is 0 Å². The Bertz CT molecular complexity index is 491. The van der Waals surface area contributed by atoms with Gasteiger partial charge in [0.25, 0.3) is 0 Å². The first kappa shape index (κ1) is 15.5. The molecule has 1 aliphatic rings. The molecule has 0 saturated carbocycles. The first-order valence-electron chi connectivity index (χ1n) is 7.04. The number of rotatable bonds is 4. The summed E-state index contributed by atoms with van der Waals surface area (Å²) in [5.41, 5.74) is 0.524. The van der Waals surface area contributed by atoms with Crippen molar-refractivity contribution in [2.45, 2.75) is 38.3 Å². The van der Waals surface area contributed by atoms with E-state index in [1.807, 2.05) is 19.1 Å². The first-order valence-corrected chi connectivity index (χ1v) is 7.42. The van der Waals surface area contributed by atoms with Crippen molar-refractivity contribution in [1.82, 2.24) is 4.90 Å². The topological polar surface area (TPSA) is 29.5 Å². The molecule has 0 aromatic heterocycles. The number of halogens is 1. The van der Waals surface area contributed by atoms with Gasteiger partial charge in [-0.2, -0.15) is 0 Å². The third kappa shape index (κ3) is 3.40. The Labute approximate surface area is 125 Å². The number of piperidine rings is 1. The fraction of sp³-hybridized carbons (Fsp3) is 0.562. The van der Waals surface area contributed by atoms with Gasteiger partial charge >= 0.3 is 0 Å². The molecule has 110 valence electrons. The summed E-state index contributed by atoms with van der Waals surface area (Å²) in [5, 5.41) is 0.600. The predicted octanol–water partition coefficient (Wildman–Crippen LogP) is 3.41. The second-order valence-corrected chi connectivity index (χ2v) is 6.22. The summed E-state index contributed by atoms with van der Waals surface area (Å²) >= 11 is 5.96. The van der Waals surface area contributed by atoms with Gasteiger partial charge in [-0.3, -0.25) is 9.69 Å². The second-order valence-electron chi connectivity index (χ2n) is 5.78. The number of hydrogen-bond donors (Lipinski definition) is 0. The molecule has 0 radical (unpaired) electrons. The van der Waals surface area contributed by atoms with Crippen LogP contribution in [-0.2, 0) is 4.74 Å². The van der Waals surface area contributed by atoms with Crippen LogP contribution in [0.25, 0.3) is 0 Å². The Morgan fingerprint density at radius 3 is 2.90 bits per heavy atom. The molecule has 1 aliphatic heterocycles. The van der Waals surface area contributed by atoms with Crippen molar-refractivity contribution in [1.29, 1.82) is 0 Å². The van der Waals surface area contributed by atoms with Gasteiger partial charge in [-0.1, -0.05) is 23.7 Å². The summed E-state index contributed by atoms with van der Waals surface area (Å²) in [4.78, 5) is 14.8. The van der Waals surface area contributed by atoms with E-state index in [2.05, 4.69) is 11.8 Å². The maximum Gasteiger partial charge on any atom is 0.179 e. The van der Waals surface area contributed by atoms with Crippen LogP contribution in [-0.4, -0.2) is 42.5 Å². The van der Waals surface area contributed by atoms with Gasteiger partial charge in [0.2, 0.25) is 0 Å². The molecular formula is C16H22ClNO2. The lowest BCUT2D eigenvalue weighted by molar-refractivity contribution is -0.0563. The summed E-state index contributed by atoms with van der Waals surface area (Å²) in [6, 6.07) is 7.01. The van der Waals surface area contributed by atoms with Crippen molar-refractivity contribution >= 4 is 17.4 Å². The molecule has 0 bridgehead atoms. The fourth-order valence-corrected chi connectivity index (χ4v) is 2.98. The standard InChI is InChI=1S/C16H22ClNO2/c1-12(15(19)13-6-4-7-14(17)10-13)18-9-5-8-16(2,11-18)20-3/h4,6-7,10,12H,5,8-9,11H2,1-3H3. The van der Waals surface area contributed by atoms with Gasteiger partial charge in [0.15, 0.2) is 5.78 Å². The number of likely N-dealkylation sites (tertiary alicyclic amines) is 1. The van der Waals surface area contributed by atoms with Crippen LogP contribution < -0.4 is 0 Å². The van der Waals surface area contributed by atoms with Crippen molar-refractivity contribution in [3.05, 3.63) is 34.9 Å². The molecule has 2 atom stereocenters. The van der Waals surface area contributed by atoms with Crippen LogP contribution in [0.2, 0.25) is 5.02 Å². The van der Waals surface area contributed by atoms with Crippen molar-refractivity contribution in [2.75, 3.05) is 20.2 Å². The minimum Gasteiger partial charge on any atom is -0.377 e. The predicted molar refractivity (Wildman–Crippen MR) is 81.5 cm³/mol. The van der Waals surface area contributed by atoms with E-state index in [1.54, 1.807) is 19.2 Å². The number of hydrogen-bond acceptors (Lipinski definition) is 3. The van der Waals surface area contributed by atoms with Gasteiger partial charge in [-0.15, -0.1) is 0 Å². The molecule has 3 nitrogen and oxygen atoms in total. The molecule has 0 aliphatic carbocycles. The summed E-state index contributed by atoms with van der Waals surface area (Å²) in [6.45, 7) is 5.80. The average Bonchev–Trinajstić information content (AvgIpc) is 2.46. The van der Waals surface area contributed by atoms with Crippen molar-refractivity contribution in [3.63, 3.8) is 0 Å². The zero-order valence-electron chi connectivity index (χ0n) is 12.4. The minimum atomic E-state index is -0.152. The van der Waals surface area contributed by atoms with Crippen LogP contribution in [0.15, 0.2) is 24.3 Å². The normalized spacial score (nSPS) is 25.4. The Kier molecular flexibility index (Phi) is 4.84. The monoisotopic (exact) mass is 295 g/mol. The van der Waals surface area contributed by atoms with E-state index in [0.29, 0.717) is 10.6 Å². The number of ether oxygens (including phenoxy) is 1. The number of carbonyl (C=O) groups excluding carboxylic acids is 1. The number of carbonyl (C=O) groups is 1. The molecule has 1 aromatic rings. The largest absolute Gasteiger partial charge is 0.377 e. The lowest BCUT2D eigenvalue weighted by atomic mass is 9.92. The Morgan fingerprint density at radius 2 is 2.25 bits per heavy atom. The molecule has 0 amide bonds. The lowest BCUT2D eigenvalue weighted by Gasteiger charge is -2.41. The van der Waals surface area contributed by atoms with Crippen LogP contribution in [0.3, 0.4) is 0 Å². The molecule has 0 N–H and O–H groups in total. The Hall–Kier alpha value is -0.900. The van der Waals surface area contributed by atoms with E-state index in [4.69, 9.17) is 16.3 Å². The maximum absolute atomic E-state index is 12.6. The van der Waals surface area contributed by atoms with Crippen LogP contribution in [0.4, 0.5) is 0 Å². The molecular weight excluding hydrogens is 274 g/mol. The van der Waals surface area contributed by atoms with Crippen molar-refractivity contribution < 1.29 is 9.53 Å². The number of nitrogens with zero attached hydrogens (tertiary/aromatic N) is 1. The van der Waals surface area contributed by atoms with E-state index < -0.39 is 0 Å². The number of Topliss-reactive ketones (excluding diaryl/α,β-unsaturated/α-hetero) is 1. The van der Waals surface area contributed by atoms with Gasteiger partial charge in [0.05, 0.1) is 11.6 Å². The minimum absolute atomic E-state index is 0.118. The molecule has 0 spiro atoms. The fourth-order valence-electron chi connectivity index (χ4n) is 2.79. The number of ketones is 1. The molecule has 1 heterocycles. The number of methoxy groups -OCH3 is 1. The second kappa shape index (κ2) is 6.25. The smallest absolute Gasteiger partial charge is 0.179 e. The third-order valence-electron chi connectivity index (χ3n) is 4.22. The number of benzene rings is 1. The zero-order chi connectivity index (χ0) is 14.8. The molecule has 1 fully saturated rings. The highest BCUT2D eigenvalue weighted by Gasteiger charge is 2.34. The molecule has 20 heavy (non-hydrogen) atoms. The van der Waals surface area contributed by atoms with E-state index in [1.165, 1.54) is 0 Å². The third-order valence-corrected chi connectivity index (χ3v) is 4.45. The Morgan fingerprint density at radius 1 is 1.50 bits per heavy atom. The van der Waals surface area contributed by atoms with Gasteiger partial charge in [-0.25, -0.2) is 0 Å². The van der Waals surface area contributed by atoms with Crippen LogP contribution in [0.5, 0.6) is 0 Å². The van der Waals surface area contributed by atoms with E-state index in [-0.39, 0.29) is 17.4 Å². The van der Waals surface area contributed by atoms with Gasteiger partial charge in [-0.05, 0) is 45.4 Å². The maximum atomic E-state index is 12.6. The van der Waals surface area contributed by atoms with Gasteiger partial charge < -0.3 is 4.74 Å². The van der Waals surface area contributed by atoms with Crippen LogP contribution in [0.1, 0.15) is 37.0 Å². The van der Waals surface area contributed by atoms with Crippen molar-refractivity contribution in [3.8, 4) is 0 Å². The SMILES string of the molecule is COC1(C)CCCN(C(C)C(=O)c2cccc(Cl)c2)C1. The highest BCUT2D eigenvalue weighted by molar-refractivity contribution is 6.31. The zero-order valence-corrected chi connectivity index (χ0v) is 13.1. The quantitative estimate of drug-likeness (QED) is 0.797. The Balaban J connectivity index is 2.10. The summed E-state index contributed by atoms with van der Waals surface area (Å²) in [5.74, 6) is 0.118. The molecule has 4 heteroatoms. The summed E-state index contributed by atoms with van der Waals surface area (Å²) in [6.07, 6.45) is 2.09. The lowest BCUT2D eigenvalue weighted by Crippen LogP contribution is -2.52. The molecule has 1 aromatic carbocycles. The summed E-state index contributed by atoms with van der Waals surface area (Å²) in [7, 11) is 1.74. The highest BCUT2D eigenvalue weighted by atomic mass is 35.5. The molecule has 1 saturated heterocycles. The van der Waals surface area contributed by atoms with E-state index in [0.717, 1.165) is 25.9 Å². The van der Waals surface area contributed by atoms with E-state index in [9.17, 15) is 4.79 Å². The highest BCUT2D eigenvalue weighted by Crippen LogP contribution is 2.26. The average molecular weight is 296 g/mol.